The molecule has 0 unspecified atom stereocenters. The zero-order valence-electron chi connectivity index (χ0n) is 11.8. The lowest BCUT2D eigenvalue weighted by Crippen LogP contribution is -2.43. The van der Waals surface area contributed by atoms with E-state index in [-0.39, 0.29) is 18.1 Å². The van der Waals surface area contributed by atoms with Gasteiger partial charge in [-0.2, -0.15) is 0 Å². The molecule has 0 spiro atoms. The largest absolute Gasteiger partial charge is 0.328 e. The third-order valence-corrected chi connectivity index (χ3v) is 3.16. The van der Waals surface area contributed by atoms with E-state index in [0.29, 0.717) is 0 Å². The van der Waals surface area contributed by atoms with Crippen LogP contribution in [-0.2, 0) is 7.05 Å². The number of aromatic nitrogens is 3. The third-order valence-electron chi connectivity index (χ3n) is 3.16. The number of nitrogens with zero attached hydrogens (tertiary/aromatic N) is 4. The second kappa shape index (κ2) is 6.37. The number of rotatable bonds is 5. The summed E-state index contributed by atoms with van der Waals surface area (Å²) in [5, 5.41) is 10.7. The van der Waals surface area contributed by atoms with E-state index in [4.69, 9.17) is 0 Å². The van der Waals surface area contributed by atoms with Crippen molar-refractivity contribution in [2.75, 3.05) is 7.05 Å². The maximum Gasteiger partial charge on any atom is 0.317 e. The van der Waals surface area contributed by atoms with E-state index in [0.717, 1.165) is 18.7 Å². The second-order valence-electron chi connectivity index (χ2n) is 4.72. The Kier molecular flexibility index (Phi) is 5.12. The van der Waals surface area contributed by atoms with Crippen molar-refractivity contribution in [1.82, 2.24) is 25.0 Å². The summed E-state index contributed by atoms with van der Waals surface area (Å²) in [6, 6.07) is 0.00872. The molecule has 1 N–H and O–H groups in total. The highest BCUT2D eigenvalue weighted by atomic mass is 16.2. The van der Waals surface area contributed by atoms with E-state index >= 15 is 0 Å². The Bertz CT molecular complexity index is 390. The number of hydrogen-bond acceptors (Lipinski definition) is 3. The van der Waals surface area contributed by atoms with Crippen LogP contribution in [0.15, 0.2) is 6.33 Å². The fourth-order valence-corrected chi connectivity index (χ4v) is 1.85. The topological polar surface area (TPSA) is 63.1 Å². The van der Waals surface area contributed by atoms with E-state index in [2.05, 4.69) is 29.4 Å². The molecule has 6 heteroatoms. The van der Waals surface area contributed by atoms with E-state index < -0.39 is 0 Å². The number of carbonyl (C=O) groups excluding carboxylic acids is 1. The van der Waals surface area contributed by atoms with Crippen LogP contribution in [-0.4, -0.2) is 38.8 Å². The minimum absolute atomic E-state index is 0.0774. The van der Waals surface area contributed by atoms with Crippen molar-refractivity contribution >= 4 is 6.03 Å². The number of carbonyl (C=O) groups is 1. The van der Waals surface area contributed by atoms with Crippen LogP contribution in [0.3, 0.4) is 0 Å². The van der Waals surface area contributed by atoms with Crippen LogP contribution in [0.1, 0.15) is 45.5 Å². The summed E-state index contributed by atoms with van der Waals surface area (Å²) in [5.41, 5.74) is 0. The Hall–Kier alpha value is -1.59. The van der Waals surface area contributed by atoms with Gasteiger partial charge < -0.3 is 14.8 Å². The summed E-state index contributed by atoms with van der Waals surface area (Å²) in [5.74, 6) is 0.750. The average molecular weight is 253 g/mol. The zero-order valence-corrected chi connectivity index (χ0v) is 11.8. The first-order valence-electron chi connectivity index (χ1n) is 6.34. The molecule has 0 aliphatic heterocycles. The summed E-state index contributed by atoms with van der Waals surface area (Å²) >= 11 is 0. The predicted octanol–water partition coefficient (Wildman–Crippen LogP) is 1.71. The number of hydrogen-bond donors (Lipinski definition) is 1. The summed E-state index contributed by atoms with van der Waals surface area (Å²) in [7, 11) is 3.68. The van der Waals surface area contributed by atoms with Gasteiger partial charge in [0.2, 0.25) is 0 Å². The first kappa shape index (κ1) is 14.5. The van der Waals surface area contributed by atoms with Crippen LogP contribution in [0.5, 0.6) is 0 Å². The van der Waals surface area contributed by atoms with Crippen LogP contribution in [0.4, 0.5) is 4.79 Å². The van der Waals surface area contributed by atoms with Gasteiger partial charge >= 0.3 is 6.03 Å². The van der Waals surface area contributed by atoms with Gasteiger partial charge in [-0.05, 0) is 20.3 Å². The molecule has 6 nitrogen and oxygen atoms in total. The number of aryl methyl sites for hydroxylation is 1. The molecule has 0 fully saturated rings. The van der Waals surface area contributed by atoms with Crippen LogP contribution >= 0.6 is 0 Å². The van der Waals surface area contributed by atoms with Crippen LogP contribution < -0.4 is 5.32 Å². The minimum Gasteiger partial charge on any atom is -0.328 e. The van der Waals surface area contributed by atoms with Crippen molar-refractivity contribution in [3.63, 3.8) is 0 Å². The van der Waals surface area contributed by atoms with E-state index in [1.165, 1.54) is 0 Å². The highest BCUT2D eigenvalue weighted by Crippen LogP contribution is 2.09. The normalized spacial score (nSPS) is 14.1. The molecule has 0 bridgehead atoms. The van der Waals surface area contributed by atoms with Crippen molar-refractivity contribution < 1.29 is 4.79 Å². The van der Waals surface area contributed by atoms with Crippen LogP contribution in [0, 0.1) is 0 Å². The van der Waals surface area contributed by atoms with Gasteiger partial charge in [-0.15, -0.1) is 10.2 Å². The van der Waals surface area contributed by atoms with Gasteiger partial charge in [0.15, 0.2) is 5.82 Å². The number of nitrogens with one attached hydrogen (secondary N) is 1. The molecule has 1 aromatic rings. The molecule has 1 aromatic heterocycles. The standard InChI is InChI=1S/C12H23N5O/c1-6-7-9(2)17(5)12(18)14-10(3)11-15-13-8-16(11)4/h8-10H,6-7H2,1-5H3,(H,14,18)/t9-,10-/m1/s1. The predicted molar refractivity (Wildman–Crippen MR) is 70.1 cm³/mol. The Morgan fingerprint density at radius 2 is 2.22 bits per heavy atom. The van der Waals surface area contributed by atoms with Gasteiger partial charge in [-0.3, -0.25) is 0 Å². The molecule has 1 rings (SSSR count). The lowest BCUT2D eigenvalue weighted by atomic mass is 10.2. The second-order valence-corrected chi connectivity index (χ2v) is 4.72. The Labute approximate surface area is 108 Å². The summed E-state index contributed by atoms with van der Waals surface area (Å²) < 4.78 is 1.81. The van der Waals surface area contributed by atoms with Crippen LogP contribution in [0.2, 0.25) is 0 Å². The van der Waals surface area contributed by atoms with Crippen molar-refractivity contribution in [3.8, 4) is 0 Å². The van der Waals surface area contributed by atoms with Gasteiger partial charge in [0.25, 0.3) is 0 Å². The van der Waals surface area contributed by atoms with Gasteiger partial charge in [0, 0.05) is 20.1 Å². The highest BCUT2D eigenvalue weighted by molar-refractivity contribution is 5.74. The van der Waals surface area contributed by atoms with Crippen LogP contribution in [0.25, 0.3) is 0 Å². The summed E-state index contributed by atoms with van der Waals surface area (Å²) in [6.45, 7) is 6.07. The van der Waals surface area contributed by atoms with E-state index in [1.54, 1.807) is 15.8 Å². The minimum atomic E-state index is -0.152. The quantitative estimate of drug-likeness (QED) is 0.868. The molecule has 0 saturated heterocycles. The van der Waals surface area contributed by atoms with E-state index in [9.17, 15) is 4.79 Å². The van der Waals surface area contributed by atoms with Gasteiger partial charge in [0.1, 0.15) is 6.33 Å². The smallest absolute Gasteiger partial charge is 0.317 e. The van der Waals surface area contributed by atoms with Crippen molar-refractivity contribution in [2.45, 2.75) is 45.7 Å². The Morgan fingerprint density at radius 1 is 1.56 bits per heavy atom. The Morgan fingerprint density at radius 3 is 2.72 bits per heavy atom. The molecule has 18 heavy (non-hydrogen) atoms. The molecule has 2 atom stereocenters. The highest BCUT2D eigenvalue weighted by Gasteiger charge is 2.19. The lowest BCUT2D eigenvalue weighted by Gasteiger charge is -2.26. The first-order chi connectivity index (χ1) is 8.47. The third kappa shape index (κ3) is 3.45. The lowest BCUT2D eigenvalue weighted by molar-refractivity contribution is 0.187. The molecule has 0 aliphatic rings. The monoisotopic (exact) mass is 253 g/mol. The van der Waals surface area contributed by atoms with Crippen molar-refractivity contribution in [3.05, 3.63) is 12.2 Å². The summed E-state index contributed by atoms with van der Waals surface area (Å²) in [6.07, 6.45) is 3.70. The zero-order chi connectivity index (χ0) is 13.7. The number of urea groups is 1. The van der Waals surface area contributed by atoms with E-state index in [1.807, 2.05) is 21.0 Å². The van der Waals surface area contributed by atoms with Gasteiger partial charge in [-0.1, -0.05) is 13.3 Å². The summed E-state index contributed by atoms with van der Waals surface area (Å²) in [4.78, 5) is 13.8. The molecule has 0 radical (unpaired) electrons. The average Bonchev–Trinajstić information content (AvgIpc) is 2.74. The molecular formula is C12H23N5O. The van der Waals surface area contributed by atoms with Gasteiger partial charge in [-0.25, -0.2) is 4.79 Å². The Balaban J connectivity index is 2.57. The molecule has 0 saturated carbocycles. The molecule has 0 aliphatic carbocycles. The SMILES string of the molecule is CCC[C@@H](C)N(C)C(=O)N[C@H](C)c1nncn1C. The fraction of sp³-hybridized carbons (Fsp3) is 0.750. The molecule has 1 heterocycles. The fourth-order valence-electron chi connectivity index (χ4n) is 1.85. The number of amides is 2. The molecule has 2 amide bonds. The van der Waals surface area contributed by atoms with Gasteiger partial charge in [0.05, 0.1) is 6.04 Å². The molecule has 102 valence electrons. The van der Waals surface area contributed by atoms with Crippen molar-refractivity contribution in [2.24, 2.45) is 7.05 Å². The maximum absolute atomic E-state index is 12.0. The van der Waals surface area contributed by atoms with Crippen molar-refractivity contribution in [1.29, 1.82) is 0 Å². The molecular weight excluding hydrogens is 230 g/mol. The molecule has 0 aromatic carbocycles. The maximum atomic E-state index is 12.0. The first-order valence-corrected chi connectivity index (χ1v) is 6.34.